The maximum absolute atomic E-state index is 13.0. The SMILES string of the molecule is O=C(COc1ccc2cc1CCc1cncc(c1)Nc1ncc(Cl)c(n1)N2)N1CCN(c2ccccn2)CC1. The van der Waals surface area contributed by atoms with Gasteiger partial charge in [0, 0.05) is 44.3 Å². The number of nitrogens with one attached hydrogen (secondary N) is 2. The molecule has 3 aromatic heterocycles. The molecule has 1 aromatic carbocycles. The molecule has 10 nitrogen and oxygen atoms in total. The van der Waals surface area contributed by atoms with E-state index in [0.29, 0.717) is 42.0 Å². The molecule has 6 bridgehead atoms. The molecule has 4 aromatic rings. The fourth-order valence-electron chi connectivity index (χ4n) is 4.70. The summed E-state index contributed by atoms with van der Waals surface area (Å²) in [5, 5.41) is 6.87. The number of aromatic nitrogens is 4. The van der Waals surface area contributed by atoms with Gasteiger partial charge in [0.1, 0.15) is 16.6 Å². The van der Waals surface area contributed by atoms with E-state index < -0.39 is 0 Å². The van der Waals surface area contributed by atoms with Crippen molar-refractivity contribution in [1.29, 1.82) is 0 Å². The molecule has 2 aliphatic heterocycles. The Balaban J connectivity index is 1.17. The van der Waals surface area contributed by atoms with Gasteiger partial charge in [0.2, 0.25) is 5.95 Å². The predicted octanol–water partition coefficient (Wildman–Crippen LogP) is 4.23. The summed E-state index contributed by atoms with van der Waals surface area (Å²) < 4.78 is 6.09. The molecule has 198 valence electrons. The molecule has 39 heavy (non-hydrogen) atoms. The first-order valence-corrected chi connectivity index (χ1v) is 13.2. The highest BCUT2D eigenvalue weighted by Gasteiger charge is 2.22. The molecule has 1 amide bonds. The third-order valence-electron chi connectivity index (χ3n) is 6.76. The summed E-state index contributed by atoms with van der Waals surface area (Å²) in [7, 11) is 0. The summed E-state index contributed by atoms with van der Waals surface area (Å²) in [5.41, 5.74) is 3.62. The number of nitrogens with zero attached hydrogens (tertiary/aromatic N) is 6. The molecule has 5 heterocycles. The fraction of sp³-hybridized carbons (Fsp3) is 0.250. The molecule has 0 atom stereocenters. The van der Waals surface area contributed by atoms with E-state index in [1.54, 1.807) is 18.6 Å². The van der Waals surface area contributed by atoms with E-state index >= 15 is 0 Å². The minimum absolute atomic E-state index is 0.0224. The molecule has 0 aliphatic carbocycles. The van der Waals surface area contributed by atoms with E-state index in [4.69, 9.17) is 16.3 Å². The number of fused-ring (bicyclic) bond motifs is 6. The summed E-state index contributed by atoms with van der Waals surface area (Å²) in [5.74, 6) is 2.48. The Morgan fingerprint density at radius 2 is 1.85 bits per heavy atom. The number of carbonyl (C=O) groups is 1. The number of halogens is 1. The van der Waals surface area contributed by atoms with E-state index in [-0.39, 0.29) is 12.5 Å². The lowest BCUT2D eigenvalue weighted by molar-refractivity contribution is -0.133. The summed E-state index contributed by atoms with van der Waals surface area (Å²) in [4.78, 5) is 34.6. The number of ether oxygens (including phenoxy) is 1. The van der Waals surface area contributed by atoms with Crippen LogP contribution >= 0.6 is 11.6 Å². The Hall–Kier alpha value is -4.44. The summed E-state index contributed by atoms with van der Waals surface area (Å²) in [6, 6.07) is 13.7. The zero-order valence-electron chi connectivity index (χ0n) is 21.2. The van der Waals surface area contributed by atoms with E-state index in [2.05, 4.69) is 35.5 Å². The lowest BCUT2D eigenvalue weighted by Crippen LogP contribution is -2.50. The second-order valence-corrected chi connectivity index (χ2v) is 9.80. The third-order valence-corrected chi connectivity index (χ3v) is 7.03. The molecule has 1 saturated heterocycles. The van der Waals surface area contributed by atoms with Gasteiger partial charge in [-0.2, -0.15) is 4.98 Å². The van der Waals surface area contributed by atoms with Crippen LogP contribution in [0.4, 0.5) is 29.0 Å². The van der Waals surface area contributed by atoms with Crippen molar-refractivity contribution < 1.29 is 9.53 Å². The first-order valence-electron chi connectivity index (χ1n) is 12.8. The lowest BCUT2D eigenvalue weighted by Gasteiger charge is -2.35. The van der Waals surface area contributed by atoms with Crippen molar-refractivity contribution in [2.24, 2.45) is 0 Å². The van der Waals surface area contributed by atoms with Crippen molar-refractivity contribution >= 4 is 46.5 Å². The minimum atomic E-state index is -0.0296. The number of benzene rings is 1. The Morgan fingerprint density at radius 1 is 0.949 bits per heavy atom. The molecule has 1 fully saturated rings. The molecule has 2 N–H and O–H groups in total. The predicted molar refractivity (Wildman–Crippen MR) is 150 cm³/mol. The van der Waals surface area contributed by atoms with Crippen molar-refractivity contribution in [3.8, 4) is 5.75 Å². The van der Waals surface area contributed by atoms with Crippen LogP contribution in [0.5, 0.6) is 5.75 Å². The number of pyridine rings is 2. The Kier molecular flexibility index (Phi) is 7.09. The van der Waals surface area contributed by atoms with Crippen LogP contribution in [0.1, 0.15) is 11.1 Å². The number of hydrogen-bond donors (Lipinski definition) is 2. The Morgan fingerprint density at radius 3 is 2.69 bits per heavy atom. The molecular weight excluding hydrogens is 516 g/mol. The molecular formula is C28H27ClN8O2. The van der Waals surface area contributed by atoms with Gasteiger partial charge in [-0.1, -0.05) is 17.7 Å². The zero-order valence-corrected chi connectivity index (χ0v) is 21.9. The smallest absolute Gasteiger partial charge is 0.260 e. The molecule has 0 saturated carbocycles. The average Bonchev–Trinajstić information content (AvgIpc) is 2.98. The highest BCUT2D eigenvalue weighted by Crippen LogP contribution is 2.30. The minimum Gasteiger partial charge on any atom is -0.483 e. The van der Waals surface area contributed by atoms with Crippen LogP contribution in [0, 0.1) is 0 Å². The topological polar surface area (TPSA) is 108 Å². The van der Waals surface area contributed by atoms with Crippen LogP contribution in [-0.2, 0) is 17.6 Å². The van der Waals surface area contributed by atoms with Gasteiger partial charge in [0.05, 0.1) is 18.1 Å². The maximum atomic E-state index is 13.0. The summed E-state index contributed by atoms with van der Waals surface area (Å²) in [6.07, 6.45) is 8.35. The highest BCUT2D eigenvalue weighted by molar-refractivity contribution is 6.32. The normalized spacial score (nSPS) is 14.7. The van der Waals surface area contributed by atoms with Gasteiger partial charge < -0.3 is 25.2 Å². The van der Waals surface area contributed by atoms with E-state index in [0.717, 1.165) is 47.8 Å². The van der Waals surface area contributed by atoms with Crippen LogP contribution in [0.25, 0.3) is 0 Å². The van der Waals surface area contributed by atoms with Crippen LogP contribution < -0.4 is 20.3 Å². The molecule has 11 heteroatoms. The molecule has 2 aliphatic rings. The van der Waals surface area contributed by atoms with Gasteiger partial charge in [-0.25, -0.2) is 9.97 Å². The second-order valence-electron chi connectivity index (χ2n) is 9.39. The molecule has 0 spiro atoms. The first kappa shape index (κ1) is 24.9. The number of piperazine rings is 1. The van der Waals surface area contributed by atoms with E-state index in [1.807, 2.05) is 53.6 Å². The van der Waals surface area contributed by atoms with Crippen LogP contribution in [0.3, 0.4) is 0 Å². The second kappa shape index (κ2) is 11.1. The number of rotatable bonds is 4. The summed E-state index contributed by atoms with van der Waals surface area (Å²) in [6.45, 7) is 2.72. The number of hydrogen-bond acceptors (Lipinski definition) is 9. The van der Waals surface area contributed by atoms with E-state index in [1.165, 1.54) is 0 Å². The van der Waals surface area contributed by atoms with Gasteiger partial charge in [-0.3, -0.25) is 9.78 Å². The average molecular weight is 543 g/mol. The Bertz CT molecular complexity index is 1480. The lowest BCUT2D eigenvalue weighted by atomic mass is 10.0. The Labute approximate surface area is 231 Å². The molecule has 0 radical (unpaired) electrons. The highest BCUT2D eigenvalue weighted by atomic mass is 35.5. The number of aryl methyl sites for hydroxylation is 2. The maximum Gasteiger partial charge on any atom is 0.260 e. The van der Waals surface area contributed by atoms with Crippen molar-refractivity contribution in [3.63, 3.8) is 0 Å². The largest absolute Gasteiger partial charge is 0.483 e. The van der Waals surface area contributed by atoms with Crippen LogP contribution in [0.15, 0.2) is 67.3 Å². The van der Waals surface area contributed by atoms with Gasteiger partial charge >= 0.3 is 0 Å². The van der Waals surface area contributed by atoms with Crippen molar-refractivity contribution in [1.82, 2.24) is 24.8 Å². The van der Waals surface area contributed by atoms with Crippen LogP contribution in [0.2, 0.25) is 5.02 Å². The monoisotopic (exact) mass is 542 g/mol. The number of carbonyl (C=O) groups excluding carboxylic acids is 1. The standard InChI is InChI=1S/C28H27ClN8O2/c29-23-17-32-28-34-22-13-19(15-30-16-22)4-5-20-14-21(33-27(23)35-28)6-7-24(20)39-18-26(38)37-11-9-36(10-12-37)25-3-1-2-8-31-25/h1-3,6-8,13-17H,4-5,9-12,18H2,(H2,32,33,34,35). The molecule has 6 rings (SSSR count). The van der Waals surface area contributed by atoms with Crippen molar-refractivity contribution in [2.45, 2.75) is 12.8 Å². The quantitative estimate of drug-likeness (QED) is 0.391. The van der Waals surface area contributed by atoms with E-state index in [9.17, 15) is 4.79 Å². The number of anilines is 5. The van der Waals surface area contributed by atoms with Crippen LogP contribution in [-0.4, -0.2) is 63.5 Å². The fourth-order valence-corrected chi connectivity index (χ4v) is 4.84. The van der Waals surface area contributed by atoms with Crippen molar-refractivity contribution in [3.05, 3.63) is 83.4 Å². The summed E-state index contributed by atoms with van der Waals surface area (Å²) >= 11 is 6.37. The number of amides is 1. The van der Waals surface area contributed by atoms with Crippen molar-refractivity contribution in [2.75, 3.05) is 48.3 Å². The molecule has 0 unspecified atom stereocenters. The third kappa shape index (κ3) is 5.85. The van der Waals surface area contributed by atoms with Gasteiger partial charge in [-0.05, 0) is 60.4 Å². The zero-order chi connectivity index (χ0) is 26.6. The van der Waals surface area contributed by atoms with Gasteiger partial charge in [0.25, 0.3) is 5.91 Å². The van der Waals surface area contributed by atoms with Gasteiger partial charge in [-0.15, -0.1) is 0 Å². The first-order chi connectivity index (χ1) is 19.1. The van der Waals surface area contributed by atoms with Gasteiger partial charge in [0.15, 0.2) is 12.4 Å².